The van der Waals surface area contributed by atoms with E-state index in [4.69, 9.17) is 0 Å². The fraction of sp³-hybridized carbons (Fsp3) is 0.500. The van der Waals surface area contributed by atoms with Gasteiger partial charge < -0.3 is 0 Å². The summed E-state index contributed by atoms with van der Waals surface area (Å²) in [7, 11) is 0. The second-order valence-corrected chi connectivity index (χ2v) is 5.49. The van der Waals surface area contributed by atoms with Crippen molar-refractivity contribution in [3.05, 3.63) is 20.8 Å². The van der Waals surface area contributed by atoms with Crippen molar-refractivity contribution in [1.82, 2.24) is 0 Å². The molecular weight excluding hydrogens is 248 g/mol. The van der Waals surface area contributed by atoms with Crippen molar-refractivity contribution in [1.29, 1.82) is 0 Å². The Kier molecular flexibility index (Phi) is 2.84. The first-order valence-electron chi connectivity index (χ1n) is 4.48. The molecule has 1 aliphatic rings. The van der Waals surface area contributed by atoms with E-state index in [-0.39, 0.29) is 0 Å². The zero-order valence-corrected chi connectivity index (χ0v) is 9.66. The van der Waals surface area contributed by atoms with E-state index in [1.165, 1.54) is 4.88 Å². The van der Waals surface area contributed by atoms with Gasteiger partial charge in [-0.1, -0.05) is 0 Å². The number of carbonyl (C=O) groups is 1. The third-order valence-corrected chi connectivity index (χ3v) is 4.18. The van der Waals surface area contributed by atoms with E-state index < -0.39 is 0 Å². The lowest BCUT2D eigenvalue weighted by atomic mass is 10.0. The first-order chi connectivity index (χ1) is 6.24. The lowest BCUT2D eigenvalue weighted by Crippen LogP contribution is -1.98. The molecule has 0 aromatic carbocycles. The highest BCUT2D eigenvalue weighted by Gasteiger charge is 2.22. The third-order valence-electron chi connectivity index (χ3n) is 2.46. The molecule has 0 bridgehead atoms. The van der Waals surface area contributed by atoms with Crippen LogP contribution in [0.2, 0.25) is 0 Å². The van der Waals surface area contributed by atoms with Gasteiger partial charge in [-0.05, 0) is 40.8 Å². The van der Waals surface area contributed by atoms with Gasteiger partial charge in [0.25, 0.3) is 0 Å². The Morgan fingerprint density at radius 1 is 1.62 bits per heavy atom. The number of halogens is 1. The molecule has 1 aromatic heterocycles. The van der Waals surface area contributed by atoms with Gasteiger partial charge in [-0.25, -0.2) is 0 Å². The van der Waals surface area contributed by atoms with Crippen LogP contribution in [0.5, 0.6) is 0 Å². The SMILES string of the molecule is O=C1CCC(Cc2cc(Br)cs2)C1. The van der Waals surface area contributed by atoms with Crippen LogP contribution >= 0.6 is 27.3 Å². The Bertz CT molecular complexity index is 318. The lowest BCUT2D eigenvalue weighted by molar-refractivity contribution is -0.117. The largest absolute Gasteiger partial charge is 0.300 e. The average Bonchev–Trinajstić information content (AvgIpc) is 2.62. The fourth-order valence-corrected chi connectivity index (χ4v) is 3.38. The van der Waals surface area contributed by atoms with Gasteiger partial charge in [0, 0.05) is 27.6 Å². The number of thiophene rings is 1. The molecular formula is C10H11BrOS. The highest BCUT2D eigenvalue weighted by molar-refractivity contribution is 9.10. The van der Waals surface area contributed by atoms with E-state index in [1.54, 1.807) is 11.3 Å². The minimum absolute atomic E-state index is 0.445. The van der Waals surface area contributed by atoms with Crippen molar-refractivity contribution >= 4 is 33.0 Å². The normalized spacial score (nSPS) is 22.5. The van der Waals surface area contributed by atoms with Crippen molar-refractivity contribution in [3.63, 3.8) is 0 Å². The molecule has 1 fully saturated rings. The Balaban J connectivity index is 1.95. The molecule has 2 rings (SSSR count). The molecule has 0 spiro atoms. The van der Waals surface area contributed by atoms with Gasteiger partial charge in [-0.2, -0.15) is 0 Å². The van der Waals surface area contributed by atoms with Crippen molar-refractivity contribution < 1.29 is 4.79 Å². The zero-order chi connectivity index (χ0) is 9.26. The van der Waals surface area contributed by atoms with Crippen LogP contribution in [-0.2, 0) is 11.2 Å². The van der Waals surface area contributed by atoms with Crippen LogP contribution in [-0.4, -0.2) is 5.78 Å². The molecule has 1 saturated carbocycles. The molecule has 1 atom stereocenters. The molecule has 13 heavy (non-hydrogen) atoms. The molecule has 0 amide bonds. The van der Waals surface area contributed by atoms with Gasteiger partial charge in [0.1, 0.15) is 5.78 Å². The molecule has 1 aromatic rings. The maximum Gasteiger partial charge on any atom is 0.133 e. The smallest absolute Gasteiger partial charge is 0.133 e. The molecule has 0 aliphatic heterocycles. The molecule has 1 nitrogen and oxygen atoms in total. The van der Waals surface area contributed by atoms with Crippen LogP contribution in [0.1, 0.15) is 24.1 Å². The molecule has 0 radical (unpaired) electrons. The maximum absolute atomic E-state index is 11.0. The molecule has 0 saturated heterocycles. The Labute approximate surface area is 90.3 Å². The van der Waals surface area contributed by atoms with Crippen LogP contribution in [0, 0.1) is 5.92 Å². The number of hydrogen-bond acceptors (Lipinski definition) is 2. The van der Waals surface area contributed by atoms with Gasteiger partial charge in [0.05, 0.1) is 0 Å². The molecule has 1 unspecified atom stereocenters. The van der Waals surface area contributed by atoms with Gasteiger partial charge in [0.15, 0.2) is 0 Å². The molecule has 70 valence electrons. The van der Waals surface area contributed by atoms with Crippen molar-refractivity contribution in [2.75, 3.05) is 0 Å². The predicted molar refractivity (Wildman–Crippen MR) is 58.1 cm³/mol. The zero-order valence-electron chi connectivity index (χ0n) is 7.25. The van der Waals surface area contributed by atoms with Crippen LogP contribution in [0.3, 0.4) is 0 Å². The Hall–Kier alpha value is -0.150. The summed E-state index contributed by atoms with van der Waals surface area (Å²) in [5.74, 6) is 1.05. The summed E-state index contributed by atoms with van der Waals surface area (Å²) in [6, 6.07) is 2.16. The summed E-state index contributed by atoms with van der Waals surface area (Å²) in [6.07, 6.45) is 3.78. The van der Waals surface area contributed by atoms with E-state index in [1.807, 2.05) is 0 Å². The van der Waals surface area contributed by atoms with Crippen LogP contribution in [0.25, 0.3) is 0 Å². The fourth-order valence-electron chi connectivity index (χ4n) is 1.81. The van der Waals surface area contributed by atoms with E-state index >= 15 is 0 Å². The van der Waals surface area contributed by atoms with Crippen molar-refractivity contribution in [2.45, 2.75) is 25.7 Å². The summed E-state index contributed by atoms with van der Waals surface area (Å²) in [5, 5.41) is 2.10. The molecule has 1 heterocycles. The predicted octanol–water partition coefficient (Wildman–Crippen LogP) is 3.42. The summed E-state index contributed by atoms with van der Waals surface area (Å²) < 4.78 is 1.16. The number of carbonyl (C=O) groups excluding carboxylic acids is 1. The van der Waals surface area contributed by atoms with Gasteiger partial charge in [-0.15, -0.1) is 11.3 Å². The van der Waals surface area contributed by atoms with Gasteiger partial charge in [-0.3, -0.25) is 4.79 Å². The van der Waals surface area contributed by atoms with Gasteiger partial charge >= 0.3 is 0 Å². The van der Waals surface area contributed by atoms with E-state index in [2.05, 4.69) is 27.4 Å². The summed E-state index contributed by atoms with van der Waals surface area (Å²) in [5.41, 5.74) is 0. The third kappa shape index (κ3) is 2.41. The Morgan fingerprint density at radius 2 is 2.46 bits per heavy atom. The van der Waals surface area contributed by atoms with Crippen LogP contribution in [0.4, 0.5) is 0 Å². The average molecular weight is 259 g/mol. The highest BCUT2D eigenvalue weighted by atomic mass is 79.9. The quantitative estimate of drug-likeness (QED) is 0.795. The highest BCUT2D eigenvalue weighted by Crippen LogP contribution is 2.29. The second kappa shape index (κ2) is 3.93. The van der Waals surface area contributed by atoms with Gasteiger partial charge in [0.2, 0.25) is 0 Å². The first-order valence-corrected chi connectivity index (χ1v) is 6.16. The standard InChI is InChI=1S/C10H11BrOS/c11-8-5-10(13-6-8)4-7-1-2-9(12)3-7/h5-7H,1-4H2. The summed E-state index contributed by atoms with van der Waals surface area (Å²) in [6.45, 7) is 0. The molecule has 0 N–H and O–H groups in total. The number of ketones is 1. The monoisotopic (exact) mass is 258 g/mol. The molecule has 3 heteroatoms. The number of rotatable bonds is 2. The second-order valence-electron chi connectivity index (χ2n) is 3.58. The van der Waals surface area contributed by atoms with E-state index in [0.717, 1.165) is 30.2 Å². The van der Waals surface area contributed by atoms with E-state index in [0.29, 0.717) is 11.7 Å². The first kappa shape index (κ1) is 9.41. The minimum Gasteiger partial charge on any atom is -0.300 e. The maximum atomic E-state index is 11.0. The number of Topliss-reactive ketones (excluding diaryl/α,β-unsaturated/α-hetero) is 1. The number of hydrogen-bond donors (Lipinski definition) is 0. The van der Waals surface area contributed by atoms with Crippen LogP contribution in [0.15, 0.2) is 15.9 Å². The topological polar surface area (TPSA) is 17.1 Å². The Morgan fingerprint density at radius 3 is 3.00 bits per heavy atom. The van der Waals surface area contributed by atoms with Crippen molar-refractivity contribution in [3.8, 4) is 0 Å². The summed E-state index contributed by atoms with van der Waals surface area (Å²) in [4.78, 5) is 12.4. The molecule has 1 aliphatic carbocycles. The summed E-state index contributed by atoms with van der Waals surface area (Å²) >= 11 is 5.22. The van der Waals surface area contributed by atoms with E-state index in [9.17, 15) is 4.79 Å². The van der Waals surface area contributed by atoms with Crippen molar-refractivity contribution in [2.24, 2.45) is 5.92 Å². The lowest BCUT2D eigenvalue weighted by Gasteiger charge is -2.04. The van der Waals surface area contributed by atoms with Crippen LogP contribution < -0.4 is 0 Å². The minimum atomic E-state index is 0.445.